The van der Waals surface area contributed by atoms with Crippen molar-refractivity contribution in [2.75, 3.05) is 18.0 Å². The first-order chi connectivity index (χ1) is 6.88. The molecular weight excluding hydrogens is 172 g/mol. The second kappa shape index (κ2) is 2.99. The number of hydrogen-bond acceptors (Lipinski definition) is 2. The molecule has 0 radical (unpaired) electrons. The van der Waals surface area contributed by atoms with Crippen LogP contribution < -0.4 is 10.6 Å². The van der Waals surface area contributed by atoms with Gasteiger partial charge in [-0.3, -0.25) is 0 Å². The molecule has 0 atom stereocenters. The summed E-state index contributed by atoms with van der Waals surface area (Å²) in [5.74, 6) is 0. The van der Waals surface area contributed by atoms with Crippen molar-refractivity contribution in [3.05, 3.63) is 28.8 Å². The lowest BCUT2D eigenvalue weighted by Crippen LogP contribution is -2.26. The number of nitrogens with zero attached hydrogens (tertiary/aromatic N) is 1. The maximum atomic E-state index is 5.71. The summed E-state index contributed by atoms with van der Waals surface area (Å²) >= 11 is 0. The highest BCUT2D eigenvalue weighted by atomic mass is 15.2. The van der Waals surface area contributed by atoms with E-state index in [-0.39, 0.29) is 0 Å². The topological polar surface area (TPSA) is 29.3 Å². The van der Waals surface area contributed by atoms with E-state index in [1.165, 1.54) is 54.7 Å². The van der Waals surface area contributed by atoms with Crippen molar-refractivity contribution in [1.82, 2.24) is 0 Å². The molecule has 14 heavy (non-hydrogen) atoms. The highest BCUT2D eigenvalue weighted by molar-refractivity contribution is 5.65. The van der Waals surface area contributed by atoms with Gasteiger partial charge in [0.15, 0.2) is 0 Å². The van der Waals surface area contributed by atoms with E-state index in [2.05, 4.69) is 17.0 Å². The zero-order valence-electron chi connectivity index (χ0n) is 8.42. The molecule has 2 heteroatoms. The number of hydrogen-bond donors (Lipinski definition) is 1. The Morgan fingerprint density at radius 1 is 1.14 bits per heavy atom. The van der Waals surface area contributed by atoms with Crippen molar-refractivity contribution < 1.29 is 0 Å². The zero-order chi connectivity index (χ0) is 9.54. The fraction of sp³-hybridized carbons (Fsp3) is 0.500. The molecule has 2 nitrogen and oxygen atoms in total. The smallest absolute Gasteiger partial charge is 0.0432 e. The molecule has 2 aliphatic heterocycles. The van der Waals surface area contributed by atoms with Crippen LogP contribution in [0.5, 0.6) is 0 Å². The Morgan fingerprint density at radius 3 is 2.71 bits per heavy atom. The Kier molecular flexibility index (Phi) is 1.77. The van der Waals surface area contributed by atoms with Crippen molar-refractivity contribution in [2.45, 2.75) is 25.8 Å². The first-order valence-electron chi connectivity index (χ1n) is 5.48. The fourth-order valence-electron chi connectivity index (χ4n) is 2.79. The van der Waals surface area contributed by atoms with Gasteiger partial charge in [0, 0.05) is 25.3 Å². The van der Waals surface area contributed by atoms with Crippen LogP contribution in [0, 0.1) is 0 Å². The molecule has 0 saturated heterocycles. The Labute approximate surface area is 84.7 Å². The average molecular weight is 188 g/mol. The van der Waals surface area contributed by atoms with Crippen LogP contribution in [-0.4, -0.2) is 13.1 Å². The second-order valence-corrected chi connectivity index (χ2v) is 4.31. The van der Waals surface area contributed by atoms with Crippen LogP contribution in [0.3, 0.4) is 0 Å². The molecule has 0 aliphatic carbocycles. The van der Waals surface area contributed by atoms with E-state index in [1.807, 2.05) is 0 Å². The second-order valence-electron chi connectivity index (χ2n) is 4.31. The van der Waals surface area contributed by atoms with Gasteiger partial charge < -0.3 is 10.6 Å². The minimum atomic E-state index is 0.681. The summed E-state index contributed by atoms with van der Waals surface area (Å²) in [6.07, 6.45) is 3.77. The summed E-state index contributed by atoms with van der Waals surface area (Å²) < 4.78 is 0. The highest BCUT2D eigenvalue weighted by Crippen LogP contribution is 2.36. The van der Waals surface area contributed by atoms with Crippen LogP contribution >= 0.6 is 0 Å². The molecule has 0 unspecified atom stereocenters. The van der Waals surface area contributed by atoms with E-state index < -0.39 is 0 Å². The highest BCUT2D eigenvalue weighted by Gasteiger charge is 2.25. The minimum absolute atomic E-state index is 0.681. The lowest BCUT2D eigenvalue weighted by atomic mass is 9.97. The third-order valence-corrected chi connectivity index (χ3v) is 3.40. The van der Waals surface area contributed by atoms with Gasteiger partial charge in [-0.05, 0) is 36.0 Å². The van der Waals surface area contributed by atoms with Gasteiger partial charge in [0.1, 0.15) is 0 Å². The molecule has 2 aliphatic rings. The molecule has 74 valence electrons. The standard InChI is InChI=1S/C12H16N2/c13-8-9-6-10-2-1-4-14-5-3-11(7-9)12(10)14/h6-7H,1-5,8,13H2. The van der Waals surface area contributed by atoms with Gasteiger partial charge in [-0.15, -0.1) is 0 Å². The van der Waals surface area contributed by atoms with E-state index in [9.17, 15) is 0 Å². The SMILES string of the molecule is NCc1cc2c3c(c1)CCN3CCC2. The Morgan fingerprint density at radius 2 is 1.93 bits per heavy atom. The largest absolute Gasteiger partial charge is 0.371 e. The Hall–Kier alpha value is -1.02. The lowest BCUT2D eigenvalue weighted by Gasteiger charge is -2.27. The third-order valence-electron chi connectivity index (χ3n) is 3.40. The van der Waals surface area contributed by atoms with E-state index >= 15 is 0 Å². The number of aryl methyl sites for hydroxylation is 1. The summed E-state index contributed by atoms with van der Waals surface area (Å²) in [6.45, 7) is 3.15. The minimum Gasteiger partial charge on any atom is -0.371 e. The van der Waals surface area contributed by atoms with Gasteiger partial charge in [-0.2, -0.15) is 0 Å². The van der Waals surface area contributed by atoms with Crippen molar-refractivity contribution >= 4 is 5.69 Å². The predicted molar refractivity (Wildman–Crippen MR) is 58.6 cm³/mol. The summed E-state index contributed by atoms with van der Waals surface area (Å²) in [5, 5.41) is 0. The molecule has 0 saturated carbocycles. The number of benzene rings is 1. The molecular formula is C12H16N2. The van der Waals surface area contributed by atoms with Crippen LogP contribution in [0.25, 0.3) is 0 Å². The lowest BCUT2D eigenvalue weighted by molar-refractivity contribution is 0.718. The van der Waals surface area contributed by atoms with Crippen LogP contribution in [-0.2, 0) is 19.4 Å². The number of anilines is 1. The summed E-state index contributed by atoms with van der Waals surface area (Å²) in [7, 11) is 0. The molecule has 2 N–H and O–H groups in total. The van der Waals surface area contributed by atoms with E-state index in [0.717, 1.165) is 0 Å². The van der Waals surface area contributed by atoms with Crippen LogP contribution in [0.2, 0.25) is 0 Å². The molecule has 3 rings (SSSR count). The van der Waals surface area contributed by atoms with Crippen LogP contribution in [0.1, 0.15) is 23.1 Å². The molecule has 0 aromatic heterocycles. The zero-order valence-corrected chi connectivity index (χ0v) is 8.42. The van der Waals surface area contributed by atoms with E-state index in [1.54, 1.807) is 0 Å². The number of nitrogens with two attached hydrogens (primary N) is 1. The quantitative estimate of drug-likeness (QED) is 0.723. The predicted octanol–water partition coefficient (Wildman–Crippen LogP) is 1.45. The van der Waals surface area contributed by atoms with E-state index in [4.69, 9.17) is 5.73 Å². The maximum Gasteiger partial charge on any atom is 0.0432 e. The maximum absolute atomic E-state index is 5.71. The summed E-state index contributed by atoms with van der Waals surface area (Å²) in [6, 6.07) is 4.60. The third kappa shape index (κ3) is 1.07. The molecule has 1 aromatic rings. The van der Waals surface area contributed by atoms with Gasteiger partial charge in [-0.1, -0.05) is 12.1 Å². The van der Waals surface area contributed by atoms with Crippen molar-refractivity contribution in [2.24, 2.45) is 5.73 Å². The van der Waals surface area contributed by atoms with Crippen molar-refractivity contribution in [3.8, 4) is 0 Å². The van der Waals surface area contributed by atoms with Gasteiger partial charge in [0.2, 0.25) is 0 Å². The number of rotatable bonds is 1. The molecule has 2 heterocycles. The Balaban J connectivity index is 2.16. The van der Waals surface area contributed by atoms with Crippen LogP contribution in [0.4, 0.5) is 5.69 Å². The van der Waals surface area contributed by atoms with Crippen molar-refractivity contribution in [1.29, 1.82) is 0 Å². The van der Waals surface area contributed by atoms with Gasteiger partial charge in [0.25, 0.3) is 0 Å². The first kappa shape index (κ1) is 8.30. The monoisotopic (exact) mass is 188 g/mol. The Bertz CT molecular complexity index is 371. The van der Waals surface area contributed by atoms with Gasteiger partial charge >= 0.3 is 0 Å². The fourth-order valence-corrected chi connectivity index (χ4v) is 2.79. The average Bonchev–Trinajstić information content (AvgIpc) is 2.64. The normalized spacial score (nSPS) is 18.5. The van der Waals surface area contributed by atoms with Gasteiger partial charge in [-0.25, -0.2) is 0 Å². The summed E-state index contributed by atoms with van der Waals surface area (Å²) in [4.78, 5) is 2.54. The van der Waals surface area contributed by atoms with E-state index in [0.29, 0.717) is 6.54 Å². The molecule has 1 aromatic carbocycles. The molecule has 0 fully saturated rings. The first-order valence-corrected chi connectivity index (χ1v) is 5.48. The molecule has 0 bridgehead atoms. The molecule has 0 spiro atoms. The van der Waals surface area contributed by atoms with Crippen molar-refractivity contribution in [3.63, 3.8) is 0 Å². The van der Waals surface area contributed by atoms with Gasteiger partial charge in [0.05, 0.1) is 0 Å². The molecule has 0 amide bonds. The van der Waals surface area contributed by atoms with Crippen LogP contribution in [0.15, 0.2) is 12.1 Å². The summed E-state index contributed by atoms with van der Waals surface area (Å²) in [5.41, 5.74) is 11.6.